The summed E-state index contributed by atoms with van der Waals surface area (Å²) in [6.45, 7) is 3.46. The van der Waals surface area contributed by atoms with Gasteiger partial charge in [0, 0.05) is 23.8 Å². The molecule has 0 radical (unpaired) electrons. The van der Waals surface area contributed by atoms with Crippen molar-refractivity contribution in [3.63, 3.8) is 0 Å². The predicted molar refractivity (Wildman–Crippen MR) is 66.2 cm³/mol. The van der Waals surface area contributed by atoms with Gasteiger partial charge in [0.25, 0.3) is 0 Å². The highest BCUT2D eigenvalue weighted by atomic mass is 35.5. The molecule has 0 unspecified atom stereocenters. The van der Waals surface area contributed by atoms with E-state index in [9.17, 15) is 4.79 Å². The van der Waals surface area contributed by atoms with Gasteiger partial charge in [0.05, 0.1) is 6.42 Å². The maximum atomic E-state index is 10.5. The molecule has 0 aliphatic rings. The summed E-state index contributed by atoms with van der Waals surface area (Å²) in [6, 6.07) is 7.47. The van der Waals surface area contributed by atoms with Crippen LogP contribution in [-0.2, 0) is 4.79 Å². The van der Waals surface area contributed by atoms with Gasteiger partial charge in [-0.15, -0.1) is 0 Å². The second-order valence-electron chi connectivity index (χ2n) is 3.61. The number of hydrogen-bond donors (Lipinski definition) is 1. The lowest BCUT2D eigenvalue weighted by atomic mass is 10.2. The van der Waals surface area contributed by atoms with Crippen molar-refractivity contribution in [3.05, 3.63) is 29.3 Å². The fraction of sp³-hybridized carbons (Fsp3) is 0.417. The lowest BCUT2D eigenvalue weighted by molar-refractivity contribution is -0.136. The molecule has 0 bridgehead atoms. The van der Waals surface area contributed by atoms with E-state index in [0.717, 1.165) is 18.7 Å². The highest BCUT2D eigenvalue weighted by Gasteiger charge is 2.07. The Kier molecular flexibility index (Phi) is 5.12. The van der Waals surface area contributed by atoms with E-state index in [0.29, 0.717) is 11.6 Å². The molecule has 0 saturated carbocycles. The zero-order valence-corrected chi connectivity index (χ0v) is 10.1. The zero-order chi connectivity index (χ0) is 12.0. The van der Waals surface area contributed by atoms with Crippen molar-refractivity contribution in [1.29, 1.82) is 0 Å². The smallest absolute Gasteiger partial charge is 0.305 e. The largest absolute Gasteiger partial charge is 0.481 e. The molecular weight excluding hydrogens is 226 g/mol. The maximum absolute atomic E-state index is 10.5. The lowest BCUT2D eigenvalue weighted by Gasteiger charge is -2.23. The van der Waals surface area contributed by atoms with E-state index in [1.54, 1.807) is 0 Å². The number of benzene rings is 1. The molecule has 0 saturated heterocycles. The van der Waals surface area contributed by atoms with Crippen LogP contribution in [0, 0.1) is 0 Å². The molecule has 0 spiro atoms. The summed E-state index contributed by atoms with van der Waals surface area (Å²) in [6.07, 6.45) is 1.14. The average molecular weight is 242 g/mol. The monoisotopic (exact) mass is 241 g/mol. The summed E-state index contributed by atoms with van der Waals surface area (Å²) in [5.74, 6) is -0.768. The lowest BCUT2D eigenvalue weighted by Crippen LogP contribution is -2.26. The van der Waals surface area contributed by atoms with Crippen LogP contribution >= 0.6 is 11.6 Å². The number of carboxylic acids is 1. The molecule has 1 aromatic carbocycles. The van der Waals surface area contributed by atoms with Crippen LogP contribution in [0.3, 0.4) is 0 Å². The number of anilines is 1. The first-order chi connectivity index (χ1) is 7.63. The standard InChI is InChI=1S/C12H16ClNO2/c1-2-8-14(9-7-12(15)16)11-5-3-10(13)4-6-11/h3-6H,2,7-9H2,1H3,(H,15,16). The molecule has 1 rings (SSSR count). The van der Waals surface area contributed by atoms with Crippen LogP contribution in [0.1, 0.15) is 19.8 Å². The fourth-order valence-corrected chi connectivity index (χ4v) is 1.65. The SMILES string of the molecule is CCCN(CCC(=O)O)c1ccc(Cl)cc1. The van der Waals surface area contributed by atoms with Crippen molar-refractivity contribution in [2.75, 3.05) is 18.0 Å². The van der Waals surface area contributed by atoms with E-state index in [1.807, 2.05) is 24.3 Å². The highest BCUT2D eigenvalue weighted by molar-refractivity contribution is 6.30. The minimum Gasteiger partial charge on any atom is -0.481 e. The summed E-state index contributed by atoms with van der Waals surface area (Å²) in [4.78, 5) is 12.6. The molecule has 3 nitrogen and oxygen atoms in total. The van der Waals surface area contributed by atoms with Crippen molar-refractivity contribution < 1.29 is 9.90 Å². The number of hydrogen-bond acceptors (Lipinski definition) is 2. The fourth-order valence-electron chi connectivity index (χ4n) is 1.52. The van der Waals surface area contributed by atoms with Crippen molar-refractivity contribution in [1.82, 2.24) is 0 Å². The van der Waals surface area contributed by atoms with Gasteiger partial charge < -0.3 is 10.0 Å². The van der Waals surface area contributed by atoms with Gasteiger partial charge in [-0.3, -0.25) is 4.79 Å². The van der Waals surface area contributed by atoms with E-state index >= 15 is 0 Å². The molecule has 1 N–H and O–H groups in total. The maximum Gasteiger partial charge on any atom is 0.305 e. The quantitative estimate of drug-likeness (QED) is 0.832. The van der Waals surface area contributed by atoms with Gasteiger partial charge in [-0.25, -0.2) is 0 Å². The normalized spacial score (nSPS) is 10.1. The number of carboxylic acid groups (broad SMARTS) is 1. The summed E-state index contributed by atoms with van der Waals surface area (Å²) < 4.78 is 0. The molecular formula is C12H16ClNO2. The van der Waals surface area contributed by atoms with E-state index < -0.39 is 5.97 Å². The van der Waals surface area contributed by atoms with Gasteiger partial charge >= 0.3 is 5.97 Å². The molecule has 1 aromatic rings. The highest BCUT2D eigenvalue weighted by Crippen LogP contribution is 2.18. The molecule has 0 atom stereocenters. The van der Waals surface area contributed by atoms with Crippen molar-refractivity contribution in [2.24, 2.45) is 0 Å². The van der Waals surface area contributed by atoms with E-state index in [-0.39, 0.29) is 6.42 Å². The number of aliphatic carboxylic acids is 1. The summed E-state index contributed by atoms with van der Waals surface area (Å²) >= 11 is 5.81. The van der Waals surface area contributed by atoms with Gasteiger partial charge in [0.15, 0.2) is 0 Å². The van der Waals surface area contributed by atoms with Crippen LogP contribution in [-0.4, -0.2) is 24.2 Å². The molecule has 0 aromatic heterocycles. The Bertz CT molecular complexity index is 337. The van der Waals surface area contributed by atoms with Crippen molar-refractivity contribution in [3.8, 4) is 0 Å². The molecule has 0 aliphatic heterocycles. The summed E-state index contributed by atoms with van der Waals surface area (Å²) in [5, 5.41) is 9.37. The Morgan fingerprint density at radius 2 is 1.94 bits per heavy atom. The van der Waals surface area contributed by atoms with Gasteiger partial charge in [-0.2, -0.15) is 0 Å². The third-order valence-corrected chi connectivity index (χ3v) is 2.53. The number of carbonyl (C=O) groups is 1. The molecule has 0 amide bonds. The van der Waals surface area contributed by atoms with E-state index in [2.05, 4.69) is 11.8 Å². The Labute approximate surface area is 101 Å². The number of nitrogens with zero attached hydrogens (tertiary/aromatic N) is 1. The Morgan fingerprint density at radius 3 is 2.44 bits per heavy atom. The van der Waals surface area contributed by atoms with Crippen LogP contribution in [0.2, 0.25) is 5.02 Å². The number of rotatable bonds is 6. The van der Waals surface area contributed by atoms with Crippen LogP contribution in [0.25, 0.3) is 0 Å². The molecule has 0 fully saturated rings. The molecule has 0 heterocycles. The van der Waals surface area contributed by atoms with Crippen LogP contribution < -0.4 is 4.90 Å². The third kappa shape index (κ3) is 4.11. The van der Waals surface area contributed by atoms with Gasteiger partial charge in [-0.1, -0.05) is 18.5 Å². The molecule has 16 heavy (non-hydrogen) atoms. The third-order valence-electron chi connectivity index (χ3n) is 2.28. The van der Waals surface area contributed by atoms with Crippen molar-refractivity contribution >= 4 is 23.3 Å². The molecule has 4 heteroatoms. The second kappa shape index (κ2) is 6.38. The van der Waals surface area contributed by atoms with Crippen molar-refractivity contribution in [2.45, 2.75) is 19.8 Å². The summed E-state index contributed by atoms with van der Waals surface area (Å²) in [5.41, 5.74) is 1.02. The first-order valence-corrected chi connectivity index (χ1v) is 5.73. The molecule has 88 valence electrons. The van der Waals surface area contributed by atoms with Gasteiger partial charge in [0.1, 0.15) is 0 Å². The predicted octanol–water partition coefficient (Wildman–Crippen LogP) is 3.03. The first kappa shape index (κ1) is 12.8. The van der Waals surface area contributed by atoms with Crippen LogP contribution in [0.15, 0.2) is 24.3 Å². The topological polar surface area (TPSA) is 40.5 Å². The van der Waals surface area contributed by atoms with Gasteiger partial charge in [0.2, 0.25) is 0 Å². The molecule has 0 aliphatic carbocycles. The average Bonchev–Trinajstić information content (AvgIpc) is 2.25. The van der Waals surface area contributed by atoms with Gasteiger partial charge in [-0.05, 0) is 30.7 Å². The first-order valence-electron chi connectivity index (χ1n) is 5.35. The second-order valence-corrected chi connectivity index (χ2v) is 4.04. The zero-order valence-electron chi connectivity index (χ0n) is 9.32. The van der Waals surface area contributed by atoms with Crippen LogP contribution in [0.5, 0.6) is 0 Å². The van der Waals surface area contributed by atoms with E-state index in [4.69, 9.17) is 16.7 Å². The summed E-state index contributed by atoms with van der Waals surface area (Å²) in [7, 11) is 0. The number of halogens is 1. The Hall–Kier alpha value is -1.22. The van der Waals surface area contributed by atoms with E-state index in [1.165, 1.54) is 0 Å². The Morgan fingerprint density at radius 1 is 1.31 bits per heavy atom. The minimum atomic E-state index is -0.768. The van der Waals surface area contributed by atoms with Crippen LogP contribution in [0.4, 0.5) is 5.69 Å². The Balaban J connectivity index is 2.68. The minimum absolute atomic E-state index is 0.155.